The monoisotopic (exact) mass is 280 g/mol. The molecule has 0 unspecified atom stereocenters. The van der Waals surface area contributed by atoms with Gasteiger partial charge in [-0.05, 0) is 24.1 Å². The molecule has 0 fully saturated rings. The molecular formula is C15H14ClFO2. The first-order valence-electron chi connectivity index (χ1n) is 5.97. The maximum Gasteiger partial charge on any atom is 0.142 e. The number of hydrogen-bond donors (Lipinski definition) is 1. The number of hydrogen-bond acceptors (Lipinski definition) is 2. The van der Waals surface area contributed by atoms with Crippen LogP contribution in [0, 0.1) is 5.82 Å². The minimum atomic E-state index is -0.452. The van der Waals surface area contributed by atoms with Crippen LogP contribution >= 0.6 is 11.6 Å². The van der Waals surface area contributed by atoms with Crippen LogP contribution in [0.1, 0.15) is 11.1 Å². The zero-order chi connectivity index (χ0) is 13.7. The van der Waals surface area contributed by atoms with Crippen molar-refractivity contribution in [3.8, 4) is 5.75 Å². The van der Waals surface area contributed by atoms with Crippen LogP contribution in [0.2, 0.25) is 5.02 Å². The molecule has 0 bridgehead atoms. The average molecular weight is 281 g/mol. The van der Waals surface area contributed by atoms with E-state index < -0.39 is 5.82 Å². The van der Waals surface area contributed by atoms with Crippen molar-refractivity contribution in [1.29, 1.82) is 0 Å². The minimum Gasteiger partial charge on any atom is -0.489 e. The van der Waals surface area contributed by atoms with Crippen LogP contribution in [-0.2, 0) is 13.0 Å². The standard InChI is InChI=1S/C15H14ClFO2/c16-15-12(5-3-6-13(15)17)10-19-14-7-2-1-4-11(14)8-9-18/h1-7,18H,8-10H2. The Morgan fingerprint density at radius 2 is 1.79 bits per heavy atom. The highest BCUT2D eigenvalue weighted by Crippen LogP contribution is 2.23. The summed E-state index contributed by atoms with van der Waals surface area (Å²) in [7, 11) is 0. The number of ether oxygens (including phenoxy) is 1. The van der Waals surface area contributed by atoms with E-state index in [0.717, 1.165) is 5.56 Å². The lowest BCUT2D eigenvalue weighted by Crippen LogP contribution is -2.01. The number of rotatable bonds is 5. The van der Waals surface area contributed by atoms with E-state index in [1.165, 1.54) is 6.07 Å². The molecule has 0 heterocycles. The van der Waals surface area contributed by atoms with Crippen LogP contribution in [-0.4, -0.2) is 11.7 Å². The van der Waals surface area contributed by atoms with Crippen LogP contribution in [0.15, 0.2) is 42.5 Å². The van der Waals surface area contributed by atoms with Crippen molar-refractivity contribution >= 4 is 11.6 Å². The molecule has 0 aromatic heterocycles. The lowest BCUT2D eigenvalue weighted by Gasteiger charge is -2.11. The highest BCUT2D eigenvalue weighted by Gasteiger charge is 2.08. The van der Waals surface area contributed by atoms with Gasteiger partial charge in [0.25, 0.3) is 0 Å². The maximum atomic E-state index is 13.3. The van der Waals surface area contributed by atoms with E-state index in [4.69, 9.17) is 21.4 Å². The normalized spacial score (nSPS) is 10.5. The first kappa shape index (κ1) is 13.8. The van der Waals surface area contributed by atoms with Gasteiger partial charge < -0.3 is 9.84 Å². The molecule has 0 aliphatic rings. The molecule has 1 N–H and O–H groups in total. The van der Waals surface area contributed by atoms with Gasteiger partial charge in [-0.1, -0.05) is 41.9 Å². The van der Waals surface area contributed by atoms with Gasteiger partial charge in [0.2, 0.25) is 0 Å². The van der Waals surface area contributed by atoms with Crippen LogP contribution < -0.4 is 4.74 Å². The third-order valence-corrected chi connectivity index (χ3v) is 3.19. The zero-order valence-corrected chi connectivity index (χ0v) is 11.0. The molecule has 0 atom stereocenters. The molecule has 100 valence electrons. The van der Waals surface area contributed by atoms with Gasteiger partial charge in [-0.15, -0.1) is 0 Å². The first-order valence-corrected chi connectivity index (χ1v) is 6.34. The van der Waals surface area contributed by atoms with E-state index in [1.807, 2.05) is 24.3 Å². The van der Waals surface area contributed by atoms with Crippen molar-refractivity contribution in [2.75, 3.05) is 6.61 Å². The second-order valence-corrected chi connectivity index (χ2v) is 4.46. The molecule has 4 heteroatoms. The number of benzene rings is 2. The summed E-state index contributed by atoms with van der Waals surface area (Å²) in [5.41, 5.74) is 1.51. The summed E-state index contributed by atoms with van der Waals surface area (Å²) in [6, 6.07) is 12.1. The molecule has 0 saturated heterocycles. The van der Waals surface area contributed by atoms with Crippen molar-refractivity contribution in [2.24, 2.45) is 0 Å². The Balaban J connectivity index is 2.12. The van der Waals surface area contributed by atoms with E-state index in [1.54, 1.807) is 12.1 Å². The predicted molar refractivity (Wildman–Crippen MR) is 73.0 cm³/mol. The van der Waals surface area contributed by atoms with E-state index in [2.05, 4.69) is 0 Å². The summed E-state index contributed by atoms with van der Waals surface area (Å²) in [6.45, 7) is 0.250. The van der Waals surface area contributed by atoms with Crippen LogP contribution in [0.4, 0.5) is 4.39 Å². The van der Waals surface area contributed by atoms with Crippen molar-refractivity contribution in [2.45, 2.75) is 13.0 Å². The Hall–Kier alpha value is -1.58. The fraction of sp³-hybridized carbons (Fsp3) is 0.200. The van der Waals surface area contributed by atoms with Crippen LogP contribution in [0.5, 0.6) is 5.75 Å². The number of aliphatic hydroxyl groups is 1. The van der Waals surface area contributed by atoms with Gasteiger partial charge in [-0.2, -0.15) is 0 Å². The minimum absolute atomic E-state index is 0.0566. The molecule has 0 aliphatic carbocycles. The average Bonchev–Trinajstić information content (AvgIpc) is 2.42. The quantitative estimate of drug-likeness (QED) is 0.907. The molecular weight excluding hydrogens is 267 g/mol. The van der Waals surface area contributed by atoms with E-state index in [0.29, 0.717) is 17.7 Å². The van der Waals surface area contributed by atoms with Crippen molar-refractivity contribution in [3.63, 3.8) is 0 Å². The van der Waals surface area contributed by atoms with Crippen molar-refractivity contribution in [1.82, 2.24) is 0 Å². The highest BCUT2D eigenvalue weighted by molar-refractivity contribution is 6.31. The topological polar surface area (TPSA) is 29.5 Å². The van der Waals surface area contributed by atoms with Gasteiger partial charge in [0.05, 0.1) is 5.02 Å². The Morgan fingerprint density at radius 3 is 2.58 bits per heavy atom. The highest BCUT2D eigenvalue weighted by atomic mass is 35.5. The van der Waals surface area contributed by atoms with Crippen LogP contribution in [0.25, 0.3) is 0 Å². The van der Waals surface area contributed by atoms with E-state index in [9.17, 15) is 4.39 Å². The molecule has 2 nitrogen and oxygen atoms in total. The summed E-state index contributed by atoms with van der Waals surface area (Å²) < 4.78 is 18.9. The maximum absolute atomic E-state index is 13.3. The number of aliphatic hydroxyl groups excluding tert-OH is 1. The first-order chi connectivity index (χ1) is 9.22. The summed E-state index contributed by atoms with van der Waals surface area (Å²) in [5, 5.41) is 9.07. The summed E-state index contributed by atoms with van der Waals surface area (Å²) in [6.07, 6.45) is 0.521. The SMILES string of the molecule is OCCc1ccccc1OCc1cccc(F)c1Cl. The lowest BCUT2D eigenvalue weighted by atomic mass is 10.1. The van der Waals surface area contributed by atoms with Gasteiger partial charge in [0.15, 0.2) is 0 Å². The van der Waals surface area contributed by atoms with E-state index >= 15 is 0 Å². The molecule has 0 spiro atoms. The Labute approximate surface area is 116 Å². The smallest absolute Gasteiger partial charge is 0.142 e. The summed E-state index contributed by atoms with van der Waals surface area (Å²) in [4.78, 5) is 0. The van der Waals surface area contributed by atoms with Crippen molar-refractivity contribution < 1.29 is 14.2 Å². The third-order valence-electron chi connectivity index (χ3n) is 2.77. The Morgan fingerprint density at radius 1 is 1.05 bits per heavy atom. The van der Waals surface area contributed by atoms with Gasteiger partial charge in [0.1, 0.15) is 18.2 Å². The molecule has 19 heavy (non-hydrogen) atoms. The summed E-state index contributed by atoms with van der Waals surface area (Å²) in [5.74, 6) is 0.225. The third kappa shape index (κ3) is 3.46. The van der Waals surface area contributed by atoms with Gasteiger partial charge in [0, 0.05) is 12.2 Å². The molecule has 0 radical (unpaired) electrons. The number of halogens is 2. The van der Waals surface area contributed by atoms with Gasteiger partial charge in [-0.3, -0.25) is 0 Å². The number of para-hydroxylation sites is 1. The lowest BCUT2D eigenvalue weighted by molar-refractivity contribution is 0.284. The van der Waals surface area contributed by atoms with Crippen LogP contribution in [0.3, 0.4) is 0 Å². The molecule has 2 aromatic carbocycles. The predicted octanol–water partition coefficient (Wildman–Crippen LogP) is 3.59. The Kier molecular flexibility index (Phi) is 4.77. The summed E-state index contributed by atoms with van der Waals surface area (Å²) >= 11 is 5.87. The van der Waals surface area contributed by atoms with Crippen molar-refractivity contribution in [3.05, 3.63) is 64.4 Å². The largest absolute Gasteiger partial charge is 0.489 e. The molecule has 2 aromatic rings. The molecule has 0 saturated carbocycles. The second kappa shape index (κ2) is 6.55. The van der Waals surface area contributed by atoms with Gasteiger partial charge in [-0.25, -0.2) is 4.39 Å². The fourth-order valence-corrected chi connectivity index (χ4v) is 1.97. The molecule has 0 amide bonds. The molecule has 0 aliphatic heterocycles. The molecule has 2 rings (SSSR count). The fourth-order valence-electron chi connectivity index (χ4n) is 1.79. The van der Waals surface area contributed by atoms with E-state index in [-0.39, 0.29) is 18.2 Å². The second-order valence-electron chi connectivity index (χ2n) is 4.08. The van der Waals surface area contributed by atoms with Gasteiger partial charge >= 0.3 is 0 Å². The zero-order valence-electron chi connectivity index (χ0n) is 10.3. The Bertz CT molecular complexity index is 558.